The fourth-order valence-corrected chi connectivity index (χ4v) is 7.06. The Morgan fingerprint density at radius 2 is 0.623 bits per heavy atom. The predicted molar refractivity (Wildman–Crippen MR) is 261 cm³/mol. The van der Waals surface area contributed by atoms with Crippen molar-refractivity contribution in [3.8, 4) is 0 Å². The zero-order valence-corrected chi connectivity index (χ0v) is 40.2. The van der Waals surface area contributed by atoms with Crippen molar-refractivity contribution in [2.24, 2.45) is 0 Å². The van der Waals surface area contributed by atoms with Gasteiger partial charge < -0.3 is 14.2 Å². The van der Waals surface area contributed by atoms with Gasteiger partial charge in [0.1, 0.15) is 13.2 Å². The maximum Gasteiger partial charge on any atom is 0.306 e. The van der Waals surface area contributed by atoms with Crippen molar-refractivity contribution in [1.82, 2.24) is 0 Å². The highest BCUT2D eigenvalue weighted by Gasteiger charge is 2.19. The number of hydrogen-bond donors (Lipinski definition) is 0. The average Bonchev–Trinajstić information content (AvgIpc) is 3.26. The first kappa shape index (κ1) is 58.1. The van der Waals surface area contributed by atoms with Gasteiger partial charge in [0.05, 0.1) is 0 Å². The number of rotatable bonds is 46. The van der Waals surface area contributed by atoms with Gasteiger partial charge in [-0.1, -0.05) is 216 Å². The van der Waals surface area contributed by atoms with Crippen LogP contribution in [-0.2, 0) is 28.6 Å². The highest BCUT2D eigenvalue weighted by atomic mass is 16.6. The molecule has 0 heterocycles. The van der Waals surface area contributed by atoms with E-state index in [-0.39, 0.29) is 37.5 Å². The molecule has 0 saturated carbocycles. The molecule has 0 radical (unpaired) electrons. The Kier molecular flexibility index (Phi) is 47.4. The molecule has 0 aromatic carbocycles. The molecule has 0 fully saturated rings. The van der Waals surface area contributed by atoms with Crippen LogP contribution in [0, 0.1) is 0 Å². The van der Waals surface area contributed by atoms with E-state index in [0.717, 1.165) is 70.6 Å². The normalized spacial score (nSPS) is 12.5. The van der Waals surface area contributed by atoms with Gasteiger partial charge in [-0.3, -0.25) is 14.4 Å². The molecule has 0 spiro atoms. The minimum absolute atomic E-state index is 0.0940. The molecule has 0 aliphatic heterocycles. The van der Waals surface area contributed by atoms with Gasteiger partial charge >= 0.3 is 17.9 Å². The maximum atomic E-state index is 12.8. The summed E-state index contributed by atoms with van der Waals surface area (Å²) >= 11 is 0. The summed E-state index contributed by atoms with van der Waals surface area (Å²) in [6.07, 6.45) is 60.6. The van der Waals surface area contributed by atoms with Gasteiger partial charge in [0.15, 0.2) is 6.10 Å². The first-order valence-corrected chi connectivity index (χ1v) is 25.8. The van der Waals surface area contributed by atoms with Crippen LogP contribution in [0.1, 0.15) is 252 Å². The lowest BCUT2D eigenvalue weighted by molar-refractivity contribution is -0.167. The quantitative estimate of drug-likeness (QED) is 0.0263. The second kappa shape index (κ2) is 49.8. The highest BCUT2D eigenvalue weighted by Crippen LogP contribution is 2.15. The SMILES string of the molecule is CCCC/C=C\CCCCCCCC(=O)OC[C@H](COC(=O)CCC/C=C\C/C=C\C/C=C\C/C=C\CCCCC)OC(=O)CCCCCCCCCCCCCCCCC. The van der Waals surface area contributed by atoms with Crippen LogP contribution in [0.15, 0.2) is 60.8 Å². The molecule has 0 amide bonds. The zero-order chi connectivity index (χ0) is 44.4. The smallest absolute Gasteiger partial charge is 0.306 e. The van der Waals surface area contributed by atoms with Crippen LogP contribution in [0.4, 0.5) is 0 Å². The van der Waals surface area contributed by atoms with E-state index in [1.807, 2.05) is 0 Å². The highest BCUT2D eigenvalue weighted by molar-refractivity contribution is 5.71. The second-order valence-electron chi connectivity index (χ2n) is 17.1. The summed E-state index contributed by atoms with van der Waals surface area (Å²) in [6.45, 7) is 6.52. The van der Waals surface area contributed by atoms with Crippen molar-refractivity contribution >= 4 is 17.9 Å². The summed E-state index contributed by atoms with van der Waals surface area (Å²) in [6, 6.07) is 0. The molecule has 0 unspecified atom stereocenters. The number of ether oxygens (including phenoxy) is 3. The van der Waals surface area contributed by atoms with Crippen molar-refractivity contribution in [3.05, 3.63) is 60.8 Å². The Balaban J connectivity index is 4.44. The van der Waals surface area contributed by atoms with Crippen LogP contribution in [0.5, 0.6) is 0 Å². The minimum Gasteiger partial charge on any atom is -0.462 e. The Labute approximate surface area is 377 Å². The third-order valence-corrected chi connectivity index (χ3v) is 11.0. The molecule has 0 N–H and O–H groups in total. The molecule has 0 saturated heterocycles. The zero-order valence-electron chi connectivity index (χ0n) is 40.2. The molecule has 352 valence electrons. The lowest BCUT2D eigenvalue weighted by atomic mass is 10.0. The molecule has 6 nitrogen and oxygen atoms in total. The van der Waals surface area contributed by atoms with Crippen LogP contribution < -0.4 is 0 Å². The van der Waals surface area contributed by atoms with Gasteiger partial charge in [-0.2, -0.15) is 0 Å². The molecule has 1 atom stereocenters. The second-order valence-corrected chi connectivity index (χ2v) is 17.1. The number of unbranched alkanes of at least 4 members (excludes halogenated alkanes) is 25. The van der Waals surface area contributed by atoms with Crippen LogP contribution in [0.25, 0.3) is 0 Å². The molecule has 0 bridgehead atoms. The van der Waals surface area contributed by atoms with Crippen molar-refractivity contribution in [2.45, 2.75) is 258 Å². The van der Waals surface area contributed by atoms with Crippen LogP contribution in [0.2, 0.25) is 0 Å². The summed E-state index contributed by atoms with van der Waals surface area (Å²) in [4.78, 5) is 37.9. The van der Waals surface area contributed by atoms with E-state index in [2.05, 4.69) is 81.5 Å². The maximum absolute atomic E-state index is 12.8. The molecule has 61 heavy (non-hydrogen) atoms. The van der Waals surface area contributed by atoms with E-state index in [1.165, 1.54) is 135 Å². The molecule has 0 aliphatic rings. The van der Waals surface area contributed by atoms with Crippen molar-refractivity contribution in [3.63, 3.8) is 0 Å². The lowest BCUT2D eigenvalue weighted by Gasteiger charge is -2.18. The van der Waals surface area contributed by atoms with Gasteiger partial charge in [-0.05, 0) is 77.0 Å². The number of hydrogen-bond acceptors (Lipinski definition) is 6. The minimum atomic E-state index is -0.796. The Morgan fingerprint density at radius 3 is 1.08 bits per heavy atom. The molecule has 0 rings (SSSR count). The fourth-order valence-electron chi connectivity index (χ4n) is 7.06. The van der Waals surface area contributed by atoms with E-state index in [0.29, 0.717) is 19.3 Å². The Morgan fingerprint density at radius 1 is 0.328 bits per heavy atom. The van der Waals surface area contributed by atoms with Gasteiger partial charge in [0.2, 0.25) is 0 Å². The van der Waals surface area contributed by atoms with E-state index in [4.69, 9.17) is 14.2 Å². The first-order valence-electron chi connectivity index (χ1n) is 25.8. The molecular formula is C55H96O6. The summed E-state index contributed by atoms with van der Waals surface area (Å²) < 4.78 is 16.7. The predicted octanol–water partition coefficient (Wildman–Crippen LogP) is 16.9. The van der Waals surface area contributed by atoms with Crippen molar-refractivity contribution in [1.29, 1.82) is 0 Å². The first-order chi connectivity index (χ1) is 30.0. The molecule has 0 aromatic rings. The van der Waals surface area contributed by atoms with Crippen LogP contribution >= 0.6 is 0 Å². The third kappa shape index (κ3) is 48.0. The standard InChI is InChI=1S/C55H96O6/c1-4-7-10-13-16-19-22-24-26-27-29-30-33-36-39-42-45-48-54(57)60-51-52(50-59-53(56)47-44-41-38-35-32-21-18-15-12-9-6-3)61-55(58)49-46-43-40-37-34-31-28-25-23-20-17-14-11-8-5-2/h15-16,18-19,24,26,29-30,36,39,52H,4-14,17,20-23,25,27-28,31-35,37-38,40-51H2,1-3H3/b18-15-,19-16-,26-24-,30-29-,39-36-/t52-/m1/s1. The summed E-state index contributed by atoms with van der Waals surface area (Å²) in [5.74, 6) is -0.956. The van der Waals surface area contributed by atoms with Crippen molar-refractivity contribution in [2.75, 3.05) is 13.2 Å². The van der Waals surface area contributed by atoms with E-state index in [9.17, 15) is 14.4 Å². The number of esters is 3. The molecule has 0 aliphatic carbocycles. The third-order valence-electron chi connectivity index (χ3n) is 11.0. The topological polar surface area (TPSA) is 78.9 Å². The van der Waals surface area contributed by atoms with E-state index < -0.39 is 6.10 Å². The average molecular weight is 853 g/mol. The largest absolute Gasteiger partial charge is 0.462 e. The number of carbonyl (C=O) groups excluding carboxylic acids is 3. The summed E-state index contributed by atoms with van der Waals surface area (Å²) in [7, 11) is 0. The monoisotopic (exact) mass is 853 g/mol. The molecule has 6 heteroatoms. The summed E-state index contributed by atoms with van der Waals surface area (Å²) in [5.41, 5.74) is 0. The molecule has 0 aromatic heterocycles. The fraction of sp³-hybridized carbons (Fsp3) is 0.764. The summed E-state index contributed by atoms with van der Waals surface area (Å²) in [5, 5.41) is 0. The Bertz CT molecular complexity index is 1120. The Hall–Kier alpha value is -2.89. The van der Waals surface area contributed by atoms with Gasteiger partial charge in [-0.15, -0.1) is 0 Å². The van der Waals surface area contributed by atoms with E-state index in [1.54, 1.807) is 0 Å². The van der Waals surface area contributed by atoms with Crippen LogP contribution in [0.3, 0.4) is 0 Å². The number of carbonyl (C=O) groups is 3. The van der Waals surface area contributed by atoms with Gasteiger partial charge in [-0.25, -0.2) is 0 Å². The number of allylic oxidation sites excluding steroid dienone is 10. The van der Waals surface area contributed by atoms with Gasteiger partial charge in [0.25, 0.3) is 0 Å². The van der Waals surface area contributed by atoms with Crippen molar-refractivity contribution < 1.29 is 28.6 Å². The van der Waals surface area contributed by atoms with Gasteiger partial charge in [0, 0.05) is 19.3 Å². The van der Waals surface area contributed by atoms with Crippen LogP contribution in [-0.4, -0.2) is 37.2 Å². The van der Waals surface area contributed by atoms with E-state index >= 15 is 0 Å². The lowest BCUT2D eigenvalue weighted by Crippen LogP contribution is -2.30. The molecular weight excluding hydrogens is 757 g/mol.